The molecule has 0 unspecified atom stereocenters. The van der Waals surface area contributed by atoms with E-state index in [1.165, 1.54) is 5.39 Å². The third-order valence-electron chi connectivity index (χ3n) is 2.95. The molecule has 0 saturated carbocycles. The van der Waals surface area contributed by atoms with Crippen LogP contribution in [0.25, 0.3) is 21.5 Å². The van der Waals surface area contributed by atoms with Crippen molar-refractivity contribution in [2.75, 3.05) is 0 Å². The summed E-state index contributed by atoms with van der Waals surface area (Å²) in [6, 6.07) is 18.2. The monoisotopic (exact) mass is 222 g/mol. The zero-order chi connectivity index (χ0) is 11.7. The van der Waals surface area contributed by atoms with Gasteiger partial charge in [0.1, 0.15) is 5.75 Å². The van der Waals surface area contributed by atoms with Crippen molar-refractivity contribution >= 4 is 29.2 Å². The molecule has 3 heteroatoms. The van der Waals surface area contributed by atoms with Crippen molar-refractivity contribution in [2.45, 2.75) is 0 Å². The Kier molecular flexibility index (Phi) is 2.46. The predicted molar refractivity (Wildman–Crippen MR) is 71.4 cm³/mol. The van der Waals surface area contributed by atoms with Gasteiger partial charge < -0.3 is 9.68 Å². The lowest BCUT2D eigenvalue weighted by molar-refractivity contribution is 0.457. The first-order valence-corrected chi connectivity index (χ1v) is 5.54. The largest absolute Gasteiger partial charge is 0.538 e. The minimum atomic E-state index is -0.303. The van der Waals surface area contributed by atoms with E-state index in [1.54, 1.807) is 0 Å². The Balaban J connectivity index is 2.45. The quantitative estimate of drug-likeness (QED) is 0.533. The van der Waals surface area contributed by atoms with Crippen LogP contribution in [-0.4, -0.2) is 12.7 Å². The molecule has 3 aromatic carbocycles. The lowest BCUT2D eigenvalue weighted by Crippen LogP contribution is -2.00. The maximum atomic E-state index is 8.93. The maximum absolute atomic E-state index is 8.93. The molecule has 82 valence electrons. The average molecular weight is 222 g/mol. The van der Waals surface area contributed by atoms with E-state index in [4.69, 9.17) is 9.68 Å². The molecule has 0 aliphatic heterocycles. The Hall–Kier alpha value is -2.00. The third kappa shape index (κ3) is 1.65. The lowest BCUT2D eigenvalue weighted by Gasteiger charge is -2.10. The molecular formula is C14H11BO2. The molecule has 1 N–H and O–H groups in total. The van der Waals surface area contributed by atoms with Gasteiger partial charge in [0.15, 0.2) is 0 Å². The van der Waals surface area contributed by atoms with Gasteiger partial charge in [-0.25, -0.2) is 0 Å². The zero-order valence-corrected chi connectivity index (χ0v) is 9.26. The molecule has 0 bridgehead atoms. The third-order valence-corrected chi connectivity index (χ3v) is 2.95. The summed E-state index contributed by atoms with van der Waals surface area (Å²) < 4.78 is 5.28. The predicted octanol–water partition coefficient (Wildman–Crippen LogP) is 2.63. The van der Waals surface area contributed by atoms with Crippen molar-refractivity contribution in [3.63, 3.8) is 0 Å². The van der Waals surface area contributed by atoms with Crippen LogP contribution in [0.5, 0.6) is 5.75 Å². The van der Waals surface area contributed by atoms with Crippen LogP contribution in [0.1, 0.15) is 0 Å². The number of hydrogen-bond donors (Lipinski definition) is 1. The molecule has 0 heterocycles. The zero-order valence-electron chi connectivity index (χ0n) is 9.26. The summed E-state index contributed by atoms with van der Waals surface area (Å²) >= 11 is 0. The van der Waals surface area contributed by atoms with Crippen molar-refractivity contribution in [3.05, 3.63) is 54.6 Å². The van der Waals surface area contributed by atoms with Crippen LogP contribution in [0, 0.1) is 0 Å². The number of hydrogen-bond acceptors (Lipinski definition) is 2. The SMILES string of the molecule is OBOc1cc2ccccc2c2ccccc12. The number of benzene rings is 3. The van der Waals surface area contributed by atoms with Gasteiger partial charge in [-0.1, -0.05) is 48.5 Å². The second-order valence-corrected chi connectivity index (χ2v) is 3.91. The molecule has 0 radical (unpaired) electrons. The number of fused-ring (bicyclic) bond motifs is 3. The van der Waals surface area contributed by atoms with Gasteiger partial charge in [0, 0.05) is 5.39 Å². The standard InChI is InChI=1S/C14H11BO2/c16-15-17-14-9-10-5-1-2-6-11(10)12-7-3-4-8-13(12)14/h1-9,15-16H. The highest BCUT2D eigenvalue weighted by atomic mass is 16.5. The van der Waals surface area contributed by atoms with Gasteiger partial charge in [-0.15, -0.1) is 0 Å². The van der Waals surface area contributed by atoms with Crippen LogP contribution < -0.4 is 4.65 Å². The molecule has 0 spiro atoms. The van der Waals surface area contributed by atoms with E-state index in [-0.39, 0.29) is 7.69 Å². The van der Waals surface area contributed by atoms with Crippen molar-refractivity contribution in [1.29, 1.82) is 0 Å². The Morgan fingerprint density at radius 3 is 2.24 bits per heavy atom. The second kappa shape index (κ2) is 4.11. The van der Waals surface area contributed by atoms with E-state index in [1.807, 2.05) is 42.5 Å². The van der Waals surface area contributed by atoms with Crippen molar-refractivity contribution in [1.82, 2.24) is 0 Å². The van der Waals surface area contributed by atoms with Crippen molar-refractivity contribution in [2.24, 2.45) is 0 Å². The fraction of sp³-hybridized carbons (Fsp3) is 0. The minimum Gasteiger partial charge on any atom is -0.538 e. The molecule has 2 nitrogen and oxygen atoms in total. The summed E-state index contributed by atoms with van der Waals surface area (Å²) in [5.74, 6) is 0.724. The van der Waals surface area contributed by atoms with Crippen LogP contribution in [0.15, 0.2) is 54.6 Å². The fourth-order valence-electron chi connectivity index (χ4n) is 2.21. The molecule has 0 aromatic heterocycles. The van der Waals surface area contributed by atoms with Gasteiger partial charge in [-0.05, 0) is 22.2 Å². The smallest absolute Gasteiger partial charge is 0.504 e. The van der Waals surface area contributed by atoms with Crippen LogP contribution in [-0.2, 0) is 0 Å². The topological polar surface area (TPSA) is 29.5 Å². The summed E-state index contributed by atoms with van der Waals surface area (Å²) in [6.45, 7) is 0. The highest BCUT2D eigenvalue weighted by molar-refractivity contribution is 6.19. The Bertz CT molecular complexity index is 679. The van der Waals surface area contributed by atoms with E-state index in [9.17, 15) is 0 Å². The summed E-state index contributed by atoms with van der Waals surface area (Å²) in [6.07, 6.45) is 0. The van der Waals surface area contributed by atoms with Gasteiger partial charge in [-0.2, -0.15) is 0 Å². The molecule has 0 aliphatic carbocycles. The first-order valence-electron chi connectivity index (χ1n) is 5.54. The molecule has 0 fully saturated rings. The molecule has 0 saturated heterocycles. The van der Waals surface area contributed by atoms with E-state index in [2.05, 4.69) is 12.1 Å². The van der Waals surface area contributed by atoms with Gasteiger partial charge in [0.25, 0.3) is 0 Å². The first-order chi connectivity index (χ1) is 8.40. The minimum absolute atomic E-state index is 0.303. The molecule has 0 atom stereocenters. The van der Waals surface area contributed by atoms with Gasteiger partial charge in [0.2, 0.25) is 0 Å². The maximum Gasteiger partial charge on any atom is 0.504 e. The van der Waals surface area contributed by atoms with Crippen LogP contribution in [0.4, 0.5) is 0 Å². The Morgan fingerprint density at radius 1 is 0.824 bits per heavy atom. The van der Waals surface area contributed by atoms with E-state index < -0.39 is 0 Å². The highest BCUT2D eigenvalue weighted by Crippen LogP contribution is 2.32. The Morgan fingerprint density at radius 2 is 1.47 bits per heavy atom. The summed E-state index contributed by atoms with van der Waals surface area (Å²) in [7, 11) is -0.303. The van der Waals surface area contributed by atoms with Crippen LogP contribution in [0.3, 0.4) is 0 Å². The summed E-state index contributed by atoms with van der Waals surface area (Å²) in [4.78, 5) is 0. The fourth-order valence-corrected chi connectivity index (χ4v) is 2.21. The van der Waals surface area contributed by atoms with Crippen LogP contribution >= 0.6 is 0 Å². The first kappa shape index (κ1) is 10.2. The Labute approximate surface area is 99.8 Å². The second-order valence-electron chi connectivity index (χ2n) is 3.91. The normalized spacial score (nSPS) is 10.6. The molecule has 3 rings (SSSR count). The summed E-state index contributed by atoms with van der Waals surface area (Å²) in [5, 5.41) is 13.4. The van der Waals surface area contributed by atoms with E-state index in [0.717, 1.165) is 21.9 Å². The van der Waals surface area contributed by atoms with Crippen molar-refractivity contribution in [3.8, 4) is 5.75 Å². The van der Waals surface area contributed by atoms with Gasteiger partial charge >= 0.3 is 7.69 Å². The van der Waals surface area contributed by atoms with E-state index >= 15 is 0 Å². The van der Waals surface area contributed by atoms with Crippen molar-refractivity contribution < 1.29 is 9.68 Å². The van der Waals surface area contributed by atoms with Gasteiger partial charge in [0.05, 0.1) is 0 Å². The number of rotatable bonds is 2. The molecule has 17 heavy (non-hydrogen) atoms. The highest BCUT2D eigenvalue weighted by Gasteiger charge is 2.06. The lowest BCUT2D eigenvalue weighted by atomic mass is 10.0. The van der Waals surface area contributed by atoms with Gasteiger partial charge in [-0.3, -0.25) is 0 Å². The molecular weight excluding hydrogens is 211 g/mol. The van der Waals surface area contributed by atoms with E-state index in [0.29, 0.717) is 0 Å². The summed E-state index contributed by atoms with van der Waals surface area (Å²) in [5.41, 5.74) is 0. The average Bonchev–Trinajstić information content (AvgIpc) is 2.39. The van der Waals surface area contributed by atoms with Crippen LogP contribution in [0.2, 0.25) is 0 Å². The molecule has 0 aliphatic rings. The molecule has 0 amide bonds. The molecule has 3 aromatic rings.